The molecule has 0 aromatic heterocycles. The number of thioether (sulfide) groups is 1. The molecule has 4 nitrogen and oxygen atoms in total. The second-order valence-electron chi connectivity index (χ2n) is 5.60. The summed E-state index contributed by atoms with van der Waals surface area (Å²) in [7, 11) is 3.08. The van der Waals surface area contributed by atoms with Gasteiger partial charge in [0.15, 0.2) is 0 Å². The summed E-state index contributed by atoms with van der Waals surface area (Å²) >= 11 is 7.75. The van der Waals surface area contributed by atoms with E-state index in [1.54, 1.807) is 31.0 Å². The number of rotatable bonds is 4. The number of carbonyl (C=O) groups is 1. The molecule has 2 aromatic carbocycles. The third kappa shape index (κ3) is 3.32. The molecule has 0 unspecified atom stereocenters. The van der Waals surface area contributed by atoms with E-state index < -0.39 is 0 Å². The Bertz CT molecular complexity index is 794. The summed E-state index contributed by atoms with van der Waals surface area (Å²) in [6.45, 7) is 2.05. The number of hydrogen-bond acceptors (Lipinski definition) is 4. The van der Waals surface area contributed by atoms with E-state index >= 15 is 0 Å². The van der Waals surface area contributed by atoms with Gasteiger partial charge in [0, 0.05) is 11.0 Å². The minimum absolute atomic E-state index is 0.0617. The molecule has 1 aliphatic rings. The van der Waals surface area contributed by atoms with Gasteiger partial charge in [-0.25, -0.2) is 0 Å². The third-order valence-electron chi connectivity index (χ3n) is 3.92. The summed E-state index contributed by atoms with van der Waals surface area (Å²) in [6.07, 6.45) is 0.721. The lowest BCUT2D eigenvalue weighted by atomic mass is 10.1. The molecule has 0 saturated heterocycles. The van der Waals surface area contributed by atoms with E-state index in [0.717, 1.165) is 6.42 Å². The molecule has 0 spiro atoms. The van der Waals surface area contributed by atoms with Gasteiger partial charge in [-0.3, -0.25) is 4.79 Å². The van der Waals surface area contributed by atoms with Crippen LogP contribution < -0.4 is 14.8 Å². The second kappa shape index (κ2) is 6.95. The van der Waals surface area contributed by atoms with Crippen molar-refractivity contribution >= 4 is 35.0 Å². The molecule has 1 atom stereocenters. The van der Waals surface area contributed by atoms with Crippen LogP contribution in [0, 0.1) is 6.92 Å². The highest BCUT2D eigenvalue weighted by atomic mass is 35.5. The van der Waals surface area contributed by atoms with Crippen LogP contribution in [0.5, 0.6) is 11.5 Å². The summed E-state index contributed by atoms with van der Waals surface area (Å²) in [6, 6.07) is 9.60. The lowest BCUT2D eigenvalue weighted by Gasteiger charge is -2.15. The molecule has 0 saturated carbocycles. The minimum atomic E-state index is -0.160. The predicted octanol–water partition coefficient (Wildman–Crippen LogP) is 4.32. The summed E-state index contributed by atoms with van der Waals surface area (Å²) in [5, 5.41) is 3.18. The Hall–Kier alpha value is -1.85. The van der Waals surface area contributed by atoms with Gasteiger partial charge in [0.1, 0.15) is 11.5 Å². The fourth-order valence-electron chi connectivity index (χ4n) is 2.65. The number of anilines is 1. The van der Waals surface area contributed by atoms with Crippen molar-refractivity contribution in [3.63, 3.8) is 0 Å². The SMILES string of the molecule is COc1cc(OC)c(NC(=O)[C@H]2Cc3ccc(C)cc3S2)cc1Cl. The van der Waals surface area contributed by atoms with Crippen LogP contribution in [0.1, 0.15) is 11.1 Å². The number of fused-ring (bicyclic) bond motifs is 1. The summed E-state index contributed by atoms with van der Waals surface area (Å²) in [5.41, 5.74) is 2.96. The zero-order valence-corrected chi connectivity index (χ0v) is 15.3. The molecule has 24 heavy (non-hydrogen) atoms. The van der Waals surface area contributed by atoms with Crippen molar-refractivity contribution in [3.05, 3.63) is 46.5 Å². The van der Waals surface area contributed by atoms with Crippen LogP contribution in [-0.2, 0) is 11.2 Å². The van der Waals surface area contributed by atoms with Gasteiger partial charge in [-0.15, -0.1) is 11.8 Å². The van der Waals surface area contributed by atoms with Crippen LogP contribution in [0.3, 0.4) is 0 Å². The van der Waals surface area contributed by atoms with Gasteiger partial charge in [-0.05, 0) is 31.0 Å². The first kappa shape index (κ1) is 17.0. The average Bonchev–Trinajstić information content (AvgIpc) is 2.98. The highest BCUT2D eigenvalue weighted by Gasteiger charge is 2.29. The van der Waals surface area contributed by atoms with Crippen molar-refractivity contribution in [3.8, 4) is 11.5 Å². The highest BCUT2D eigenvalue weighted by Crippen LogP contribution is 2.40. The Labute approximate surface area is 150 Å². The standard InChI is InChI=1S/C18H18ClNO3S/c1-10-4-5-11-7-17(24-16(11)6-10)18(21)20-13-8-12(19)14(22-2)9-15(13)23-3/h4-6,8-9,17H,7H2,1-3H3,(H,20,21)/t17-/m1/s1. The van der Waals surface area contributed by atoms with Crippen LogP contribution in [0.2, 0.25) is 5.02 Å². The van der Waals surface area contributed by atoms with Crippen molar-refractivity contribution in [1.82, 2.24) is 0 Å². The Morgan fingerprint density at radius 3 is 2.67 bits per heavy atom. The maximum absolute atomic E-state index is 12.6. The van der Waals surface area contributed by atoms with Crippen LogP contribution in [0.15, 0.2) is 35.2 Å². The number of benzene rings is 2. The van der Waals surface area contributed by atoms with E-state index in [0.29, 0.717) is 22.2 Å². The average molecular weight is 364 g/mol. The Morgan fingerprint density at radius 2 is 1.96 bits per heavy atom. The van der Waals surface area contributed by atoms with E-state index in [1.165, 1.54) is 23.1 Å². The number of methoxy groups -OCH3 is 2. The minimum Gasteiger partial charge on any atom is -0.495 e. The molecule has 1 aliphatic heterocycles. The van der Waals surface area contributed by atoms with Crippen molar-refractivity contribution < 1.29 is 14.3 Å². The molecule has 3 rings (SSSR count). The largest absolute Gasteiger partial charge is 0.495 e. The van der Waals surface area contributed by atoms with Crippen molar-refractivity contribution in [2.75, 3.05) is 19.5 Å². The molecule has 0 radical (unpaired) electrons. The number of halogens is 1. The molecule has 1 heterocycles. The maximum atomic E-state index is 12.6. The molecule has 1 amide bonds. The Kier molecular flexibility index (Phi) is 4.92. The summed E-state index contributed by atoms with van der Waals surface area (Å²) in [5.74, 6) is 0.957. The first-order chi connectivity index (χ1) is 11.5. The van der Waals surface area contributed by atoms with Gasteiger partial charge in [0.05, 0.1) is 30.2 Å². The zero-order valence-electron chi connectivity index (χ0n) is 13.7. The van der Waals surface area contributed by atoms with Gasteiger partial charge >= 0.3 is 0 Å². The van der Waals surface area contributed by atoms with Gasteiger partial charge in [0.25, 0.3) is 0 Å². The number of nitrogens with one attached hydrogen (secondary N) is 1. The van der Waals surface area contributed by atoms with Gasteiger partial charge < -0.3 is 14.8 Å². The van der Waals surface area contributed by atoms with E-state index in [9.17, 15) is 4.79 Å². The molecule has 0 fully saturated rings. The van der Waals surface area contributed by atoms with Gasteiger partial charge in [0.2, 0.25) is 5.91 Å². The zero-order chi connectivity index (χ0) is 17.3. The topological polar surface area (TPSA) is 47.6 Å². The Balaban J connectivity index is 1.78. The molecule has 126 valence electrons. The predicted molar refractivity (Wildman–Crippen MR) is 97.7 cm³/mol. The first-order valence-electron chi connectivity index (χ1n) is 7.50. The van der Waals surface area contributed by atoms with Crippen molar-refractivity contribution in [1.29, 1.82) is 0 Å². The molecule has 1 N–H and O–H groups in total. The number of hydrogen-bond donors (Lipinski definition) is 1. The molecule has 0 aliphatic carbocycles. The van der Waals surface area contributed by atoms with Crippen LogP contribution in [0.4, 0.5) is 5.69 Å². The normalized spacial score (nSPS) is 15.8. The fraction of sp³-hybridized carbons (Fsp3) is 0.278. The number of carbonyl (C=O) groups excluding carboxylic acids is 1. The van der Waals surface area contributed by atoms with Crippen molar-refractivity contribution in [2.24, 2.45) is 0 Å². The van der Waals surface area contributed by atoms with E-state index in [1.807, 2.05) is 0 Å². The molecule has 2 aromatic rings. The molecule has 0 bridgehead atoms. The Morgan fingerprint density at radius 1 is 1.21 bits per heavy atom. The van der Waals surface area contributed by atoms with Gasteiger partial charge in [-0.1, -0.05) is 29.3 Å². The highest BCUT2D eigenvalue weighted by molar-refractivity contribution is 8.01. The van der Waals surface area contributed by atoms with E-state index in [-0.39, 0.29) is 11.2 Å². The van der Waals surface area contributed by atoms with E-state index in [4.69, 9.17) is 21.1 Å². The molecular formula is C18H18ClNO3S. The maximum Gasteiger partial charge on any atom is 0.238 e. The quantitative estimate of drug-likeness (QED) is 0.878. The summed E-state index contributed by atoms with van der Waals surface area (Å²) in [4.78, 5) is 13.8. The lowest BCUT2D eigenvalue weighted by Crippen LogP contribution is -2.24. The van der Waals surface area contributed by atoms with E-state index in [2.05, 4.69) is 30.4 Å². The lowest BCUT2D eigenvalue weighted by molar-refractivity contribution is -0.115. The van der Waals surface area contributed by atoms with Crippen LogP contribution in [0.25, 0.3) is 0 Å². The van der Waals surface area contributed by atoms with Crippen LogP contribution >= 0.6 is 23.4 Å². The molecule has 6 heteroatoms. The van der Waals surface area contributed by atoms with Crippen molar-refractivity contribution in [2.45, 2.75) is 23.5 Å². The smallest absolute Gasteiger partial charge is 0.238 e. The third-order valence-corrected chi connectivity index (χ3v) is 5.52. The monoisotopic (exact) mass is 363 g/mol. The second-order valence-corrected chi connectivity index (χ2v) is 7.25. The number of amides is 1. The summed E-state index contributed by atoms with van der Waals surface area (Å²) < 4.78 is 10.5. The number of aryl methyl sites for hydroxylation is 1. The van der Waals surface area contributed by atoms with Gasteiger partial charge in [-0.2, -0.15) is 0 Å². The number of ether oxygens (including phenoxy) is 2. The van der Waals surface area contributed by atoms with Crippen LogP contribution in [-0.4, -0.2) is 25.4 Å². The fourth-order valence-corrected chi connectivity index (χ4v) is 4.18. The molecular weight excluding hydrogens is 346 g/mol. The first-order valence-corrected chi connectivity index (χ1v) is 8.76.